The molecule has 1 unspecified atom stereocenters. The quantitative estimate of drug-likeness (QED) is 0.771. The number of ether oxygens (including phenoxy) is 1. The zero-order valence-electron chi connectivity index (χ0n) is 12.0. The molecule has 0 bridgehead atoms. The Morgan fingerprint density at radius 2 is 2.14 bits per heavy atom. The molecule has 21 heavy (non-hydrogen) atoms. The molecule has 2 heterocycles. The van der Waals surface area contributed by atoms with Gasteiger partial charge < -0.3 is 19.2 Å². The number of furan rings is 1. The van der Waals surface area contributed by atoms with E-state index in [-0.39, 0.29) is 6.61 Å². The van der Waals surface area contributed by atoms with Gasteiger partial charge in [-0.05, 0) is 12.1 Å². The summed E-state index contributed by atoms with van der Waals surface area (Å²) in [7, 11) is 3.42. The Morgan fingerprint density at radius 1 is 1.33 bits per heavy atom. The van der Waals surface area contributed by atoms with E-state index in [9.17, 15) is 5.11 Å². The molecule has 1 aromatic carbocycles. The van der Waals surface area contributed by atoms with Gasteiger partial charge in [0.1, 0.15) is 17.4 Å². The maximum atomic E-state index is 9.85. The van der Waals surface area contributed by atoms with Crippen LogP contribution in [0.2, 0.25) is 0 Å². The van der Waals surface area contributed by atoms with Crippen LogP contribution < -0.4 is 4.90 Å². The Morgan fingerprint density at radius 3 is 2.95 bits per heavy atom. The highest BCUT2D eigenvalue weighted by molar-refractivity contribution is 6.05. The highest BCUT2D eigenvalue weighted by atomic mass is 16.5. The molecule has 110 valence electrons. The molecule has 0 fully saturated rings. The monoisotopic (exact) mass is 287 g/mol. The number of rotatable bonds is 5. The average molecular weight is 287 g/mol. The van der Waals surface area contributed by atoms with E-state index < -0.39 is 6.10 Å². The maximum Gasteiger partial charge on any atom is 0.196 e. The minimum absolute atomic E-state index is 0.276. The Hall–Kier alpha value is -2.18. The molecule has 1 N–H and O–H groups in total. The second kappa shape index (κ2) is 5.67. The molecular weight excluding hydrogens is 270 g/mol. The van der Waals surface area contributed by atoms with Crippen LogP contribution in [0.15, 0.2) is 35.0 Å². The van der Waals surface area contributed by atoms with Gasteiger partial charge in [0.25, 0.3) is 0 Å². The number of hydrogen-bond donors (Lipinski definition) is 1. The van der Waals surface area contributed by atoms with Gasteiger partial charge in [-0.3, -0.25) is 0 Å². The molecule has 0 aliphatic carbocycles. The largest absolute Gasteiger partial charge is 0.450 e. The summed E-state index contributed by atoms with van der Waals surface area (Å²) in [5, 5.41) is 10.8. The smallest absolute Gasteiger partial charge is 0.196 e. The zero-order chi connectivity index (χ0) is 14.8. The lowest BCUT2D eigenvalue weighted by molar-refractivity contribution is 0.0694. The number of fused-ring (bicyclic) bond motifs is 3. The molecule has 0 saturated heterocycles. The van der Waals surface area contributed by atoms with E-state index in [2.05, 4.69) is 9.97 Å². The summed E-state index contributed by atoms with van der Waals surface area (Å²) in [5.41, 5.74) is 2.19. The molecule has 0 amide bonds. The fourth-order valence-electron chi connectivity index (χ4n) is 2.43. The first-order chi connectivity index (χ1) is 10.2. The van der Waals surface area contributed by atoms with Crippen LogP contribution in [0.25, 0.3) is 22.1 Å². The summed E-state index contributed by atoms with van der Waals surface area (Å²) < 4.78 is 10.8. The van der Waals surface area contributed by atoms with Crippen molar-refractivity contribution in [2.75, 3.05) is 32.2 Å². The summed E-state index contributed by atoms with van der Waals surface area (Å²) in [5.74, 6) is 0.659. The minimum atomic E-state index is -0.589. The third-order valence-electron chi connectivity index (χ3n) is 3.34. The van der Waals surface area contributed by atoms with E-state index >= 15 is 0 Å². The number of likely N-dealkylation sites (N-methyl/N-ethyl adjacent to an activating group) is 1. The van der Waals surface area contributed by atoms with Crippen molar-refractivity contribution in [1.29, 1.82) is 0 Å². The number of aliphatic hydroxyl groups excluding tert-OH is 1. The third-order valence-corrected chi connectivity index (χ3v) is 3.34. The first kappa shape index (κ1) is 13.8. The van der Waals surface area contributed by atoms with E-state index in [1.165, 1.54) is 6.33 Å². The topological polar surface area (TPSA) is 71.6 Å². The standard InChI is InChI=1S/C15H17N3O3/c1-18(7-10(19)8-20-2)15-14-13(16-9-17-15)11-5-3-4-6-12(11)21-14/h3-6,9-10,19H,7-8H2,1-2H3. The number of benzene rings is 1. The predicted octanol–water partition coefficient (Wildman–Crippen LogP) is 1.82. The van der Waals surface area contributed by atoms with Crippen LogP contribution in [0, 0.1) is 0 Å². The molecule has 6 heteroatoms. The molecule has 3 rings (SSSR count). The second-order valence-corrected chi connectivity index (χ2v) is 4.96. The summed E-state index contributed by atoms with van der Waals surface area (Å²) in [6.45, 7) is 0.676. The lowest BCUT2D eigenvalue weighted by atomic mass is 10.2. The van der Waals surface area contributed by atoms with E-state index in [1.54, 1.807) is 7.11 Å². The Kier molecular flexibility index (Phi) is 3.72. The predicted molar refractivity (Wildman–Crippen MR) is 80.5 cm³/mol. The summed E-state index contributed by atoms with van der Waals surface area (Å²) in [6, 6.07) is 7.74. The molecule has 0 spiro atoms. The van der Waals surface area contributed by atoms with Crippen molar-refractivity contribution in [2.24, 2.45) is 0 Å². The van der Waals surface area contributed by atoms with Crippen LogP contribution in [0.5, 0.6) is 0 Å². The van der Waals surface area contributed by atoms with Crippen LogP contribution in [-0.2, 0) is 4.74 Å². The number of aliphatic hydroxyl groups is 1. The van der Waals surface area contributed by atoms with Crippen LogP contribution in [-0.4, -0.2) is 48.5 Å². The highest BCUT2D eigenvalue weighted by Crippen LogP contribution is 2.31. The van der Waals surface area contributed by atoms with E-state index in [0.717, 1.165) is 16.5 Å². The van der Waals surface area contributed by atoms with Crippen molar-refractivity contribution in [1.82, 2.24) is 9.97 Å². The van der Waals surface area contributed by atoms with Gasteiger partial charge in [0.15, 0.2) is 11.4 Å². The second-order valence-electron chi connectivity index (χ2n) is 4.96. The average Bonchev–Trinajstić information content (AvgIpc) is 2.85. The Bertz CT molecular complexity index is 756. The van der Waals surface area contributed by atoms with Crippen LogP contribution in [0.4, 0.5) is 5.82 Å². The summed E-state index contributed by atoms with van der Waals surface area (Å²) in [6.07, 6.45) is 0.924. The van der Waals surface area contributed by atoms with Gasteiger partial charge in [-0.1, -0.05) is 12.1 Å². The molecule has 0 radical (unpaired) electrons. The lowest BCUT2D eigenvalue weighted by Crippen LogP contribution is -2.32. The molecule has 6 nitrogen and oxygen atoms in total. The molecule has 2 aromatic heterocycles. The third kappa shape index (κ3) is 2.55. The van der Waals surface area contributed by atoms with Crippen molar-refractivity contribution in [2.45, 2.75) is 6.10 Å². The lowest BCUT2D eigenvalue weighted by Gasteiger charge is -2.20. The van der Waals surface area contributed by atoms with Crippen LogP contribution in [0.1, 0.15) is 0 Å². The minimum Gasteiger partial charge on any atom is -0.450 e. The zero-order valence-corrected chi connectivity index (χ0v) is 12.0. The van der Waals surface area contributed by atoms with Crippen LogP contribution >= 0.6 is 0 Å². The molecule has 0 aliphatic heterocycles. The van der Waals surface area contributed by atoms with Gasteiger partial charge in [0.05, 0.1) is 12.7 Å². The van der Waals surface area contributed by atoms with Gasteiger partial charge >= 0.3 is 0 Å². The molecule has 3 aromatic rings. The highest BCUT2D eigenvalue weighted by Gasteiger charge is 2.17. The molecule has 1 atom stereocenters. The normalized spacial score (nSPS) is 12.9. The van der Waals surface area contributed by atoms with Crippen molar-refractivity contribution >= 4 is 27.9 Å². The fraction of sp³-hybridized carbons (Fsp3) is 0.333. The van der Waals surface area contributed by atoms with Crippen molar-refractivity contribution in [3.63, 3.8) is 0 Å². The van der Waals surface area contributed by atoms with Crippen LogP contribution in [0.3, 0.4) is 0 Å². The molecule has 0 aliphatic rings. The maximum absolute atomic E-state index is 9.85. The molecular formula is C15H17N3O3. The SMILES string of the molecule is COCC(O)CN(C)c1ncnc2c1oc1ccccc12. The first-order valence-corrected chi connectivity index (χ1v) is 6.71. The first-order valence-electron chi connectivity index (χ1n) is 6.71. The number of anilines is 1. The van der Waals surface area contributed by atoms with Gasteiger partial charge in [0, 0.05) is 26.1 Å². The van der Waals surface area contributed by atoms with E-state index in [1.807, 2.05) is 36.2 Å². The van der Waals surface area contributed by atoms with E-state index in [0.29, 0.717) is 17.9 Å². The van der Waals surface area contributed by atoms with Gasteiger partial charge in [-0.2, -0.15) is 0 Å². The number of nitrogens with zero attached hydrogens (tertiary/aromatic N) is 3. The van der Waals surface area contributed by atoms with E-state index in [4.69, 9.17) is 9.15 Å². The number of aromatic nitrogens is 2. The number of methoxy groups -OCH3 is 1. The van der Waals surface area contributed by atoms with Gasteiger partial charge in [0.2, 0.25) is 0 Å². The molecule has 0 saturated carbocycles. The van der Waals surface area contributed by atoms with Crippen molar-refractivity contribution < 1.29 is 14.3 Å². The van der Waals surface area contributed by atoms with Crippen molar-refractivity contribution in [3.8, 4) is 0 Å². The number of para-hydroxylation sites is 1. The summed E-state index contributed by atoms with van der Waals surface area (Å²) >= 11 is 0. The number of hydrogen-bond acceptors (Lipinski definition) is 6. The Balaban J connectivity index is 2.02. The van der Waals surface area contributed by atoms with Gasteiger partial charge in [-0.25, -0.2) is 9.97 Å². The van der Waals surface area contributed by atoms with Gasteiger partial charge in [-0.15, -0.1) is 0 Å². The van der Waals surface area contributed by atoms with Crippen molar-refractivity contribution in [3.05, 3.63) is 30.6 Å². The Labute approximate surface area is 122 Å². The summed E-state index contributed by atoms with van der Waals surface area (Å²) in [4.78, 5) is 10.4. The fourth-order valence-corrected chi connectivity index (χ4v) is 2.43.